The van der Waals surface area contributed by atoms with Gasteiger partial charge in [0.2, 0.25) is 17.7 Å². The van der Waals surface area contributed by atoms with Crippen molar-refractivity contribution in [1.29, 1.82) is 0 Å². The molecule has 0 bridgehead atoms. The van der Waals surface area contributed by atoms with Gasteiger partial charge in [0.1, 0.15) is 12.1 Å². The highest BCUT2D eigenvalue weighted by Crippen LogP contribution is 2.11. The van der Waals surface area contributed by atoms with Crippen molar-refractivity contribution >= 4 is 17.8 Å². The molecule has 8 heteroatoms. The topological polar surface area (TPSA) is 107 Å². The van der Waals surface area contributed by atoms with Crippen molar-refractivity contribution in [3.05, 3.63) is 23.9 Å². The molecule has 0 aromatic carbocycles. The minimum atomic E-state index is -0.883. The Labute approximate surface area is 153 Å². The van der Waals surface area contributed by atoms with E-state index in [1.807, 2.05) is 13.8 Å². The molecule has 1 heterocycles. The number of hydrogen-bond acceptors (Lipinski definition) is 6. The normalized spacial score (nSPS) is 12.8. The molecule has 0 aliphatic carbocycles. The summed E-state index contributed by atoms with van der Waals surface area (Å²) in [6.45, 7) is 5.24. The molecule has 2 atom stereocenters. The summed E-state index contributed by atoms with van der Waals surface area (Å²) in [5, 5.41) is 5.29. The molecule has 0 saturated carbocycles. The molecule has 0 radical (unpaired) electrons. The largest absolute Gasteiger partial charge is 0.481 e. The van der Waals surface area contributed by atoms with Crippen molar-refractivity contribution in [2.45, 2.75) is 45.7 Å². The highest BCUT2D eigenvalue weighted by molar-refractivity contribution is 5.90. The lowest BCUT2D eigenvalue weighted by atomic mass is 10.0. The zero-order valence-corrected chi connectivity index (χ0v) is 15.9. The maximum Gasteiger partial charge on any atom is 0.328 e. The predicted octanol–water partition coefficient (Wildman–Crippen LogP) is 0.841. The highest BCUT2D eigenvalue weighted by Gasteiger charge is 2.27. The van der Waals surface area contributed by atoms with Gasteiger partial charge in [-0.3, -0.25) is 9.59 Å². The average Bonchev–Trinajstić information content (AvgIpc) is 2.59. The Hall–Kier alpha value is -2.64. The summed E-state index contributed by atoms with van der Waals surface area (Å²) in [4.78, 5) is 40.1. The first-order chi connectivity index (χ1) is 12.3. The van der Waals surface area contributed by atoms with Gasteiger partial charge in [0.05, 0.1) is 14.2 Å². The van der Waals surface area contributed by atoms with Crippen LogP contribution in [0.4, 0.5) is 0 Å². The van der Waals surface area contributed by atoms with Gasteiger partial charge in [0, 0.05) is 25.6 Å². The minimum absolute atomic E-state index is 0.194. The van der Waals surface area contributed by atoms with E-state index >= 15 is 0 Å². The Balaban J connectivity index is 2.88. The number of pyridine rings is 1. The summed E-state index contributed by atoms with van der Waals surface area (Å²) in [5.41, 5.74) is 0.737. The molecule has 0 unspecified atom stereocenters. The number of carbonyl (C=O) groups excluding carboxylic acids is 3. The van der Waals surface area contributed by atoms with Gasteiger partial charge in [-0.2, -0.15) is 0 Å². The van der Waals surface area contributed by atoms with Crippen molar-refractivity contribution in [2.24, 2.45) is 5.92 Å². The fraction of sp³-hybridized carbons (Fsp3) is 0.556. The van der Waals surface area contributed by atoms with Crippen LogP contribution < -0.4 is 15.4 Å². The van der Waals surface area contributed by atoms with E-state index < -0.39 is 24.0 Å². The summed E-state index contributed by atoms with van der Waals surface area (Å²) in [6, 6.07) is 1.83. The van der Waals surface area contributed by atoms with Crippen molar-refractivity contribution in [2.75, 3.05) is 14.2 Å². The number of aromatic nitrogens is 1. The molecular weight excluding hydrogens is 338 g/mol. The van der Waals surface area contributed by atoms with Crippen LogP contribution in [0.1, 0.15) is 32.8 Å². The first-order valence-electron chi connectivity index (χ1n) is 8.41. The van der Waals surface area contributed by atoms with Gasteiger partial charge in [0.25, 0.3) is 0 Å². The third-order valence-corrected chi connectivity index (χ3v) is 3.65. The van der Waals surface area contributed by atoms with Gasteiger partial charge in [-0.25, -0.2) is 9.78 Å². The summed E-state index contributed by atoms with van der Waals surface area (Å²) < 4.78 is 9.79. The Morgan fingerprint density at radius 1 is 1.12 bits per heavy atom. The maximum absolute atomic E-state index is 12.6. The van der Waals surface area contributed by atoms with E-state index in [-0.39, 0.29) is 18.2 Å². The van der Waals surface area contributed by atoms with Gasteiger partial charge in [-0.05, 0) is 17.9 Å². The van der Waals surface area contributed by atoms with Crippen molar-refractivity contribution in [3.63, 3.8) is 0 Å². The van der Waals surface area contributed by atoms with Crippen LogP contribution >= 0.6 is 0 Å². The molecule has 1 aromatic rings. The molecule has 2 amide bonds. The Kier molecular flexibility index (Phi) is 8.54. The van der Waals surface area contributed by atoms with Gasteiger partial charge in [0.15, 0.2) is 0 Å². The van der Waals surface area contributed by atoms with Gasteiger partial charge in [-0.15, -0.1) is 0 Å². The van der Waals surface area contributed by atoms with E-state index in [1.54, 1.807) is 18.3 Å². The molecular formula is C18H27N3O5. The quantitative estimate of drug-likeness (QED) is 0.628. The highest BCUT2D eigenvalue weighted by atomic mass is 16.5. The number of hydrogen-bond donors (Lipinski definition) is 2. The maximum atomic E-state index is 12.6. The van der Waals surface area contributed by atoms with E-state index in [9.17, 15) is 14.4 Å². The summed E-state index contributed by atoms with van der Waals surface area (Å²) in [7, 11) is 2.77. The third-order valence-electron chi connectivity index (χ3n) is 3.65. The number of methoxy groups -OCH3 is 2. The molecule has 26 heavy (non-hydrogen) atoms. The van der Waals surface area contributed by atoms with Crippen LogP contribution in [0.15, 0.2) is 18.3 Å². The molecule has 0 spiro atoms. The van der Waals surface area contributed by atoms with Crippen LogP contribution in [-0.4, -0.2) is 49.1 Å². The number of esters is 1. The van der Waals surface area contributed by atoms with Crippen LogP contribution in [0.25, 0.3) is 0 Å². The Morgan fingerprint density at radius 2 is 1.81 bits per heavy atom. The van der Waals surface area contributed by atoms with Crippen LogP contribution in [0, 0.1) is 5.92 Å². The second-order valence-electron chi connectivity index (χ2n) is 6.38. The Bertz CT molecular complexity index is 616. The molecule has 0 saturated heterocycles. The molecule has 144 valence electrons. The zero-order valence-electron chi connectivity index (χ0n) is 15.9. The van der Waals surface area contributed by atoms with Gasteiger partial charge >= 0.3 is 5.97 Å². The zero-order chi connectivity index (χ0) is 19.7. The second kappa shape index (κ2) is 10.4. The lowest BCUT2D eigenvalue weighted by molar-refractivity contribution is -0.145. The molecule has 0 aliphatic rings. The van der Waals surface area contributed by atoms with Crippen molar-refractivity contribution in [3.8, 4) is 5.88 Å². The smallest absolute Gasteiger partial charge is 0.328 e. The van der Waals surface area contributed by atoms with Gasteiger partial charge < -0.3 is 20.1 Å². The van der Waals surface area contributed by atoms with E-state index in [4.69, 9.17) is 9.47 Å². The van der Waals surface area contributed by atoms with Crippen LogP contribution in [-0.2, 0) is 25.5 Å². The predicted molar refractivity (Wildman–Crippen MR) is 95.5 cm³/mol. The lowest BCUT2D eigenvalue weighted by Crippen LogP contribution is -2.52. The van der Waals surface area contributed by atoms with Crippen LogP contribution in [0.5, 0.6) is 5.88 Å². The lowest BCUT2D eigenvalue weighted by Gasteiger charge is -2.23. The van der Waals surface area contributed by atoms with Crippen LogP contribution in [0.2, 0.25) is 0 Å². The molecule has 0 aliphatic heterocycles. The number of rotatable bonds is 9. The fourth-order valence-electron chi connectivity index (χ4n) is 2.44. The molecule has 1 rings (SSSR count). The first kappa shape index (κ1) is 21.4. The Morgan fingerprint density at radius 3 is 2.27 bits per heavy atom. The summed E-state index contributed by atoms with van der Waals surface area (Å²) >= 11 is 0. The minimum Gasteiger partial charge on any atom is -0.481 e. The average molecular weight is 365 g/mol. The number of carbonyl (C=O) groups is 3. The monoisotopic (exact) mass is 365 g/mol. The van der Waals surface area contributed by atoms with E-state index in [0.29, 0.717) is 12.3 Å². The molecule has 1 aromatic heterocycles. The summed E-state index contributed by atoms with van der Waals surface area (Å²) in [6.07, 6.45) is 2.24. The number of nitrogens with one attached hydrogen (secondary N) is 2. The number of amides is 2. The van der Waals surface area contributed by atoms with Crippen molar-refractivity contribution < 1.29 is 23.9 Å². The van der Waals surface area contributed by atoms with E-state index in [0.717, 1.165) is 5.56 Å². The molecule has 8 nitrogen and oxygen atoms in total. The fourth-order valence-corrected chi connectivity index (χ4v) is 2.44. The second-order valence-corrected chi connectivity index (χ2v) is 6.38. The standard InChI is InChI=1S/C18H27N3O5/c1-11(2)8-14(20-12(3)22)17(23)21-15(18(24)26-5)9-13-6-7-16(25-4)19-10-13/h6-7,10-11,14-15H,8-9H2,1-5H3,(H,20,22)(H,21,23)/t14-,15-/m0/s1. The van der Waals surface area contributed by atoms with Crippen LogP contribution in [0.3, 0.4) is 0 Å². The van der Waals surface area contributed by atoms with E-state index in [2.05, 4.69) is 15.6 Å². The molecule has 0 fully saturated rings. The first-order valence-corrected chi connectivity index (χ1v) is 8.41. The van der Waals surface area contributed by atoms with E-state index in [1.165, 1.54) is 21.1 Å². The summed E-state index contributed by atoms with van der Waals surface area (Å²) in [5.74, 6) is -0.652. The SMILES string of the molecule is COC(=O)[C@H](Cc1ccc(OC)nc1)NC(=O)[C@H](CC(C)C)NC(C)=O. The molecule has 2 N–H and O–H groups in total. The third kappa shape index (κ3) is 7.08. The number of nitrogens with zero attached hydrogens (tertiary/aromatic N) is 1. The van der Waals surface area contributed by atoms with Crippen molar-refractivity contribution in [1.82, 2.24) is 15.6 Å². The van der Waals surface area contributed by atoms with Gasteiger partial charge in [-0.1, -0.05) is 19.9 Å². The number of ether oxygens (including phenoxy) is 2.